The van der Waals surface area contributed by atoms with Crippen molar-refractivity contribution in [2.24, 2.45) is 0 Å². The van der Waals surface area contributed by atoms with E-state index in [4.69, 9.17) is 14.0 Å². The number of rotatable bonds is 9. The summed E-state index contributed by atoms with van der Waals surface area (Å²) in [5.41, 5.74) is 2.70. The minimum atomic E-state index is -0.0811. The van der Waals surface area contributed by atoms with Crippen LogP contribution in [-0.4, -0.2) is 62.5 Å². The summed E-state index contributed by atoms with van der Waals surface area (Å²) < 4.78 is 16.2. The topological polar surface area (TPSA) is 68.0 Å². The van der Waals surface area contributed by atoms with Gasteiger partial charge in [-0.3, -0.25) is 4.79 Å². The second-order valence-corrected chi connectivity index (χ2v) is 7.46. The number of carbonyl (C=O) groups excluding carboxylic acids is 1. The molecule has 1 aromatic carbocycles. The van der Waals surface area contributed by atoms with Gasteiger partial charge in [0.25, 0.3) is 0 Å². The first-order valence-corrected chi connectivity index (χ1v) is 10.2. The lowest BCUT2D eigenvalue weighted by Crippen LogP contribution is -2.39. The van der Waals surface area contributed by atoms with E-state index < -0.39 is 0 Å². The lowest BCUT2D eigenvalue weighted by molar-refractivity contribution is -0.136. The SMILES string of the molecule is COCCN(Cc1c(-c2ccccc2)noc1N1CCCC[C@@H]1C)C(=O)COC. The number of carbonyl (C=O) groups is 1. The molecule has 0 radical (unpaired) electrons. The summed E-state index contributed by atoms with van der Waals surface area (Å²) in [7, 11) is 3.16. The number of anilines is 1. The van der Waals surface area contributed by atoms with E-state index in [1.807, 2.05) is 30.3 Å². The average Bonchev–Trinajstić information content (AvgIpc) is 3.15. The van der Waals surface area contributed by atoms with Gasteiger partial charge in [-0.2, -0.15) is 0 Å². The van der Waals surface area contributed by atoms with Gasteiger partial charge in [0.05, 0.1) is 18.7 Å². The fourth-order valence-corrected chi connectivity index (χ4v) is 3.79. The predicted octanol–water partition coefficient (Wildman–Crippen LogP) is 3.34. The normalized spacial score (nSPS) is 16.8. The summed E-state index contributed by atoms with van der Waals surface area (Å²) >= 11 is 0. The Morgan fingerprint density at radius 3 is 2.72 bits per heavy atom. The van der Waals surface area contributed by atoms with E-state index >= 15 is 0 Å². The maximum atomic E-state index is 12.7. The van der Waals surface area contributed by atoms with E-state index in [1.54, 1.807) is 12.0 Å². The van der Waals surface area contributed by atoms with Gasteiger partial charge in [-0.15, -0.1) is 0 Å². The number of aromatic nitrogens is 1. The van der Waals surface area contributed by atoms with Crippen molar-refractivity contribution < 1.29 is 18.8 Å². The Morgan fingerprint density at radius 1 is 1.24 bits per heavy atom. The standard InChI is InChI=1S/C22H31N3O4/c1-17-9-7-8-12-25(17)22-19(15-24(13-14-27-2)20(26)16-28-3)21(23-29-22)18-10-5-4-6-11-18/h4-6,10-11,17H,7-9,12-16H2,1-3H3/t17-/m0/s1. The number of benzene rings is 1. The van der Waals surface area contributed by atoms with E-state index in [1.165, 1.54) is 13.5 Å². The van der Waals surface area contributed by atoms with Crippen LogP contribution in [0.4, 0.5) is 5.88 Å². The highest BCUT2D eigenvalue weighted by atomic mass is 16.5. The zero-order chi connectivity index (χ0) is 20.6. The quantitative estimate of drug-likeness (QED) is 0.642. The fourth-order valence-electron chi connectivity index (χ4n) is 3.79. The van der Waals surface area contributed by atoms with Crippen molar-refractivity contribution in [3.05, 3.63) is 35.9 Å². The van der Waals surface area contributed by atoms with Gasteiger partial charge in [0.2, 0.25) is 11.8 Å². The molecule has 0 unspecified atom stereocenters. The van der Waals surface area contributed by atoms with Gasteiger partial charge >= 0.3 is 0 Å². The summed E-state index contributed by atoms with van der Waals surface area (Å²) in [4.78, 5) is 16.7. The Bertz CT molecular complexity index is 778. The third-order valence-electron chi connectivity index (χ3n) is 5.41. The molecule has 1 aromatic heterocycles. The smallest absolute Gasteiger partial charge is 0.248 e. The van der Waals surface area contributed by atoms with Gasteiger partial charge in [0.1, 0.15) is 12.3 Å². The van der Waals surface area contributed by atoms with Gasteiger partial charge in [0, 0.05) is 38.9 Å². The second-order valence-electron chi connectivity index (χ2n) is 7.46. The molecule has 7 heteroatoms. The highest BCUT2D eigenvalue weighted by Crippen LogP contribution is 2.35. The van der Waals surface area contributed by atoms with Crippen molar-refractivity contribution in [3.63, 3.8) is 0 Å². The molecule has 2 heterocycles. The Balaban J connectivity index is 1.98. The Kier molecular flexibility index (Phi) is 7.66. The third-order valence-corrected chi connectivity index (χ3v) is 5.41. The molecule has 1 aliphatic rings. The van der Waals surface area contributed by atoms with Crippen molar-refractivity contribution in [1.29, 1.82) is 0 Å². The predicted molar refractivity (Wildman–Crippen MR) is 112 cm³/mol. The molecule has 158 valence electrons. The summed E-state index contributed by atoms with van der Waals surface area (Å²) in [6.07, 6.45) is 3.47. The second kappa shape index (κ2) is 10.4. The maximum absolute atomic E-state index is 12.7. The summed E-state index contributed by atoms with van der Waals surface area (Å²) in [5.74, 6) is 0.686. The number of piperidine rings is 1. The van der Waals surface area contributed by atoms with Gasteiger partial charge in [-0.1, -0.05) is 35.5 Å². The highest BCUT2D eigenvalue weighted by Gasteiger charge is 2.29. The van der Waals surface area contributed by atoms with E-state index in [9.17, 15) is 4.79 Å². The number of ether oxygens (including phenoxy) is 2. The number of hydrogen-bond acceptors (Lipinski definition) is 6. The third kappa shape index (κ3) is 5.16. The van der Waals surface area contributed by atoms with Crippen LogP contribution in [0.1, 0.15) is 31.7 Å². The minimum absolute atomic E-state index is 0.0329. The van der Waals surface area contributed by atoms with Gasteiger partial charge in [-0.05, 0) is 26.2 Å². The molecule has 0 spiro atoms. The lowest BCUT2D eigenvalue weighted by atomic mass is 10.0. The molecule has 2 aromatic rings. The molecule has 0 bridgehead atoms. The van der Waals surface area contributed by atoms with Crippen molar-refractivity contribution in [3.8, 4) is 11.3 Å². The van der Waals surface area contributed by atoms with E-state index in [0.717, 1.165) is 42.1 Å². The zero-order valence-corrected chi connectivity index (χ0v) is 17.6. The van der Waals surface area contributed by atoms with Crippen LogP contribution in [0.2, 0.25) is 0 Å². The van der Waals surface area contributed by atoms with Crippen LogP contribution in [0.15, 0.2) is 34.9 Å². The molecule has 1 aliphatic heterocycles. The molecular weight excluding hydrogens is 370 g/mol. The summed E-state index contributed by atoms with van der Waals surface area (Å²) in [6, 6.07) is 10.3. The molecule has 0 saturated carbocycles. The number of amides is 1. The molecule has 1 amide bonds. The van der Waals surface area contributed by atoms with Crippen LogP contribution in [0.5, 0.6) is 0 Å². The Morgan fingerprint density at radius 2 is 2.03 bits per heavy atom. The minimum Gasteiger partial charge on any atom is -0.383 e. The maximum Gasteiger partial charge on any atom is 0.248 e. The lowest BCUT2D eigenvalue weighted by Gasteiger charge is -2.34. The van der Waals surface area contributed by atoms with Crippen molar-refractivity contribution >= 4 is 11.8 Å². The molecule has 3 rings (SSSR count). The molecular formula is C22H31N3O4. The van der Waals surface area contributed by atoms with E-state index in [-0.39, 0.29) is 12.5 Å². The van der Waals surface area contributed by atoms with E-state index in [2.05, 4.69) is 17.0 Å². The molecule has 7 nitrogen and oxygen atoms in total. The largest absolute Gasteiger partial charge is 0.383 e. The average molecular weight is 402 g/mol. The van der Waals surface area contributed by atoms with Crippen molar-refractivity contribution in [2.75, 3.05) is 45.4 Å². The molecule has 29 heavy (non-hydrogen) atoms. The molecule has 1 atom stereocenters. The number of methoxy groups -OCH3 is 2. The highest BCUT2D eigenvalue weighted by molar-refractivity contribution is 5.78. The molecule has 1 fully saturated rings. The fraction of sp³-hybridized carbons (Fsp3) is 0.545. The van der Waals surface area contributed by atoms with Crippen LogP contribution in [-0.2, 0) is 20.8 Å². The molecule has 0 aliphatic carbocycles. The summed E-state index contributed by atoms with van der Waals surface area (Å²) in [6.45, 7) is 4.51. The first-order valence-electron chi connectivity index (χ1n) is 10.2. The molecule has 0 N–H and O–H groups in total. The number of nitrogens with zero attached hydrogens (tertiary/aromatic N) is 3. The van der Waals surface area contributed by atoms with Gasteiger partial charge < -0.3 is 23.8 Å². The number of hydrogen-bond donors (Lipinski definition) is 0. The van der Waals surface area contributed by atoms with Gasteiger partial charge in [0.15, 0.2) is 0 Å². The van der Waals surface area contributed by atoms with Crippen LogP contribution in [0, 0.1) is 0 Å². The monoisotopic (exact) mass is 401 g/mol. The molecule has 1 saturated heterocycles. The Labute approximate surface area is 172 Å². The van der Waals surface area contributed by atoms with Crippen LogP contribution < -0.4 is 4.90 Å². The Hall–Kier alpha value is -2.38. The summed E-state index contributed by atoms with van der Waals surface area (Å²) in [5, 5.41) is 4.42. The van der Waals surface area contributed by atoms with Crippen LogP contribution >= 0.6 is 0 Å². The first-order chi connectivity index (χ1) is 14.2. The first kappa shape index (κ1) is 21.3. The zero-order valence-electron chi connectivity index (χ0n) is 17.6. The van der Waals surface area contributed by atoms with E-state index in [0.29, 0.717) is 25.7 Å². The van der Waals surface area contributed by atoms with Gasteiger partial charge in [-0.25, -0.2) is 0 Å². The van der Waals surface area contributed by atoms with Crippen LogP contribution in [0.25, 0.3) is 11.3 Å². The van der Waals surface area contributed by atoms with Crippen molar-refractivity contribution in [1.82, 2.24) is 10.1 Å². The van der Waals surface area contributed by atoms with Crippen LogP contribution in [0.3, 0.4) is 0 Å². The van der Waals surface area contributed by atoms with Crippen molar-refractivity contribution in [2.45, 2.75) is 38.8 Å².